The molecular formula is C14H20N2O4. The summed E-state index contributed by atoms with van der Waals surface area (Å²) in [7, 11) is 1.60. The van der Waals surface area contributed by atoms with Crippen LogP contribution in [0.25, 0.3) is 0 Å². The van der Waals surface area contributed by atoms with Gasteiger partial charge in [-0.1, -0.05) is 0 Å². The summed E-state index contributed by atoms with van der Waals surface area (Å²) in [5.41, 5.74) is 0.830. The molecule has 2 rings (SSSR count). The molecule has 1 aliphatic heterocycles. The van der Waals surface area contributed by atoms with Crippen molar-refractivity contribution in [3.8, 4) is 11.5 Å². The predicted molar refractivity (Wildman–Crippen MR) is 74.0 cm³/mol. The van der Waals surface area contributed by atoms with Gasteiger partial charge in [0.25, 0.3) is 0 Å². The van der Waals surface area contributed by atoms with Gasteiger partial charge in [-0.05, 0) is 18.2 Å². The van der Waals surface area contributed by atoms with Crippen molar-refractivity contribution < 1.29 is 19.7 Å². The van der Waals surface area contributed by atoms with E-state index in [1.54, 1.807) is 19.2 Å². The lowest BCUT2D eigenvalue weighted by molar-refractivity contribution is -0.138. The van der Waals surface area contributed by atoms with Crippen LogP contribution in [0.2, 0.25) is 0 Å². The molecule has 0 bridgehead atoms. The monoisotopic (exact) mass is 280 g/mol. The Hall–Kier alpha value is -1.79. The number of benzene rings is 1. The molecule has 0 aliphatic carbocycles. The highest BCUT2D eigenvalue weighted by Gasteiger charge is 2.19. The smallest absolute Gasteiger partial charge is 0.317 e. The molecule has 1 saturated heterocycles. The first-order chi connectivity index (χ1) is 9.58. The van der Waals surface area contributed by atoms with Gasteiger partial charge in [-0.2, -0.15) is 0 Å². The van der Waals surface area contributed by atoms with Gasteiger partial charge in [0, 0.05) is 38.3 Å². The fraction of sp³-hybridized carbons (Fsp3) is 0.500. The molecule has 2 N–H and O–H groups in total. The summed E-state index contributed by atoms with van der Waals surface area (Å²) in [6.45, 7) is 3.80. The molecule has 0 radical (unpaired) electrons. The van der Waals surface area contributed by atoms with Gasteiger partial charge >= 0.3 is 5.97 Å². The largest absolute Gasteiger partial charge is 0.508 e. The van der Waals surface area contributed by atoms with E-state index in [1.165, 1.54) is 0 Å². The van der Waals surface area contributed by atoms with Crippen molar-refractivity contribution in [2.45, 2.75) is 6.54 Å². The number of nitrogens with zero attached hydrogens (tertiary/aromatic N) is 2. The third kappa shape index (κ3) is 3.85. The average Bonchev–Trinajstić information content (AvgIpc) is 2.43. The molecule has 110 valence electrons. The van der Waals surface area contributed by atoms with Crippen LogP contribution in [0.5, 0.6) is 11.5 Å². The molecule has 1 aliphatic rings. The topological polar surface area (TPSA) is 73.2 Å². The zero-order valence-electron chi connectivity index (χ0n) is 11.6. The van der Waals surface area contributed by atoms with Crippen LogP contribution in [0.4, 0.5) is 0 Å². The second-order valence-electron chi connectivity index (χ2n) is 4.94. The van der Waals surface area contributed by atoms with Gasteiger partial charge in [0.15, 0.2) is 0 Å². The molecule has 6 nitrogen and oxygen atoms in total. The van der Waals surface area contributed by atoms with Crippen molar-refractivity contribution in [1.29, 1.82) is 0 Å². The number of carboxylic acids is 1. The number of aliphatic carboxylic acids is 1. The Morgan fingerprint density at radius 1 is 1.25 bits per heavy atom. The number of rotatable bonds is 5. The molecule has 1 aromatic carbocycles. The highest BCUT2D eigenvalue weighted by Crippen LogP contribution is 2.24. The number of hydrogen-bond donors (Lipinski definition) is 2. The summed E-state index contributed by atoms with van der Waals surface area (Å²) in [5, 5.41) is 18.6. The van der Waals surface area contributed by atoms with Gasteiger partial charge in [0.05, 0.1) is 13.7 Å². The number of piperazine rings is 1. The maximum absolute atomic E-state index is 10.7. The summed E-state index contributed by atoms with van der Waals surface area (Å²) in [5.74, 6) is 0.199. The lowest BCUT2D eigenvalue weighted by Gasteiger charge is -2.33. The summed E-state index contributed by atoms with van der Waals surface area (Å²) >= 11 is 0. The minimum atomic E-state index is -0.788. The van der Waals surface area contributed by atoms with Gasteiger partial charge in [-0.25, -0.2) is 0 Å². The number of phenols is 1. The molecule has 0 aromatic heterocycles. The zero-order valence-corrected chi connectivity index (χ0v) is 11.6. The predicted octanol–water partition coefficient (Wildman–Crippen LogP) is 0.603. The number of phenolic OH excluding ortho intramolecular Hbond substituents is 1. The van der Waals surface area contributed by atoms with Crippen molar-refractivity contribution in [3.63, 3.8) is 0 Å². The van der Waals surface area contributed by atoms with E-state index in [0.717, 1.165) is 37.5 Å². The Labute approximate surface area is 118 Å². The number of ether oxygens (including phenoxy) is 1. The maximum atomic E-state index is 10.7. The summed E-state index contributed by atoms with van der Waals surface area (Å²) < 4.78 is 5.16. The standard InChI is InChI=1S/C14H20N2O4/c1-20-12-2-3-13(17)11(8-12)9-15-4-6-16(7-5-15)10-14(18)19/h2-3,8,17H,4-7,9-10H2,1H3,(H,18,19). The van der Waals surface area contributed by atoms with Crippen molar-refractivity contribution in [2.24, 2.45) is 0 Å². The van der Waals surface area contributed by atoms with E-state index in [1.807, 2.05) is 11.0 Å². The molecule has 1 aromatic rings. The Morgan fingerprint density at radius 2 is 1.90 bits per heavy atom. The average molecular weight is 280 g/mol. The molecule has 20 heavy (non-hydrogen) atoms. The second-order valence-corrected chi connectivity index (χ2v) is 4.94. The normalized spacial score (nSPS) is 17.1. The minimum Gasteiger partial charge on any atom is -0.508 e. The number of aromatic hydroxyl groups is 1. The van der Waals surface area contributed by atoms with E-state index in [4.69, 9.17) is 9.84 Å². The Morgan fingerprint density at radius 3 is 2.50 bits per heavy atom. The first kappa shape index (κ1) is 14.6. The van der Waals surface area contributed by atoms with Crippen molar-refractivity contribution in [1.82, 2.24) is 9.80 Å². The summed E-state index contributed by atoms with van der Waals surface area (Å²) in [6.07, 6.45) is 0. The first-order valence-electron chi connectivity index (χ1n) is 6.61. The number of methoxy groups -OCH3 is 1. The van der Waals surface area contributed by atoms with E-state index in [0.29, 0.717) is 6.54 Å². The molecule has 1 fully saturated rings. The van der Waals surface area contributed by atoms with Crippen LogP contribution in [0.15, 0.2) is 18.2 Å². The highest BCUT2D eigenvalue weighted by atomic mass is 16.5. The molecule has 6 heteroatoms. The maximum Gasteiger partial charge on any atom is 0.317 e. The number of hydrogen-bond acceptors (Lipinski definition) is 5. The van der Waals surface area contributed by atoms with Gasteiger partial charge < -0.3 is 14.9 Å². The molecule has 1 heterocycles. The number of carboxylic acid groups (broad SMARTS) is 1. The molecule has 0 atom stereocenters. The Bertz CT molecular complexity index is 470. The summed E-state index contributed by atoms with van der Waals surface area (Å²) in [4.78, 5) is 14.8. The van der Waals surface area contributed by atoms with E-state index in [9.17, 15) is 9.90 Å². The van der Waals surface area contributed by atoms with Gasteiger partial charge in [-0.3, -0.25) is 14.6 Å². The van der Waals surface area contributed by atoms with Crippen LogP contribution in [0.1, 0.15) is 5.56 Å². The van der Waals surface area contributed by atoms with Crippen molar-refractivity contribution in [3.05, 3.63) is 23.8 Å². The Balaban J connectivity index is 1.90. The van der Waals surface area contributed by atoms with Crippen LogP contribution >= 0.6 is 0 Å². The fourth-order valence-corrected chi connectivity index (χ4v) is 2.35. The quantitative estimate of drug-likeness (QED) is 0.823. The molecule has 0 unspecified atom stereocenters. The van der Waals surface area contributed by atoms with Gasteiger partial charge in [0.2, 0.25) is 0 Å². The molecule has 0 spiro atoms. The molecular weight excluding hydrogens is 260 g/mol. The van der Waals surface area contributed by atoms with Crippen LogP contribution in [0, 0.1) is 0 Å². The van der Waals surface area contributed by atoms with Crippen molar-refractivity contribution >= 4 is 5.97 Å². The Kier molecular flexibility index (Phi) is 4.81. The zero-order chi connectivity index (χ0) is 14.5. The molecule has 0 amide bonds. The lowest BCUT2D eigenvalue weighted by Crippen LogP contribution is -2.47. The van der Waals surface area contributed by atoms with E-state index in [-0.39, 0.29) is 12.3 Å². The fourth-order valence-electron chi connectivity index (χ4n) is 2.35. The SMILES string of the molecule is COc1ccc(O)c(CN2CCN(CC(=O)O)CC2)c1. The van der Waals surface area contributed by atoms with Crippen molar-refractivity contribution in [2.75, 3.05) is 39.8 Å². The first-order valence-corrected chi connectivity index (χ1v) is 6.61. The summed E-state index contributed by atoms with van der Waals surface area (Å²) in [6, 6.07) is 5.19. The third-order valence-corrected chi connectivity index (χ3v) is 3.50. The number of carbonyl (C=O) groups is 1. The second kappa shape index (κ2) is 6.58. The molecule has 0 saturated carbocycles. The lowest BCUT2D eigenvalue weighted by atomic mass is 10.1. The van der Waals surface area contributed by atoms with E-state index < -0.39 is 5.97 Å². The van der Waals surface area contributed by atoms with Gasteiger partial charge in [-0.15, -0.1) is 0 Å². The van der Waals surface area contributed by atoms with E-state index in [2.05, 4.69) is 4.90 Å². The van der Waals surface area contributed by atoms with Crippen LogP contribution in [-0.4, -0.2) is 65.8 Å². The highest BCUT2D eigenvalue weighted by molar-refractivity contribution is 5.69. The third-order valence-electron chi connectivity index (χ3n) is 3.50. The van der Waals surface area contributed by atoms with E-state index >= 15 is 0 Å². The minimum absolute atomic E-state index is 0.0955. The van der Waals surface area contributed by atoms with Crippen LogP contribution < -0.4 is 4.74 Å². The van der Waals surface area contributed by atoms with Crippen LogP contribution in [-0.2, 0) is 11.3 Å². The van der Waals surface area contributed by atoms with Gasteiger partial charge in [0.1, 0.15) is 11.5 Å². The van der Waals surface area contributed by atoms with Crippen LogP contribution in [0.3, 0.4) is 0 Å².